The van der Waals surface area contributed by atoms with E-state index in [1.54, 1.807) is 12.1 Å². The first kappa shape index (κ1) is 12.9. The number of aliphatic hydroxyl groups is 1. The maximum atomic E-state index is 11.1. The van der Waals surface area contributed by atoms with Crippen LogP contribution < -0.4 is 5.32 Å². The van der Waals surface area contributed by atoms with Crippen molar-refractivity contribution in [2.45, 2.75) is 32.3 Å². The highest BCUT2D eigenvalue weighted by Crippen LogP contribution is 2.26. The third-order valence-corrected chi connectivity index (χ3v) is 3.58. The number of nitrogens with one attached hydrogen (secondary N) is 1. The Labute approximate surface area is 107 Å². The van der Waals surface area contributed by atoms with Gasteiger partial charge in [0, 0.05) is 18.2 Å². The van der Waals surface area contributed by atoms with Crippen LogP contribution in [-0.4, -0.2) is 28.8 Å². The molecule has 0 bridgehead atoms. The van der Waals surface area contributed by atoms with Crippen LogP contribution in [-0.2, 0) is 0 Å². The Morgan fingerprint density at radius 1 is 1.44 bits per heavy atom. The lowest BCUT2D eigenvalue weighted by atomic mass is 10.0. The van der Waals surface area contributed by atoms with E-state index in [0.717, 1.165) is 24.8 Å². The second-order valence-corrected chi connectivity index (χ2v) is 4.99. The number of carbonyl (C=O) groups is 1. The number of aryl methyl sites for hydroxylation is 1. The Bertz CT molecular complexity index is 445. The highest BCUT2D eigenvalue weighted by molar-refractivity contribution is 5.94. The minimum Gasteiger partial charge on any atom is -0.478 e. The van der Waals surface area contributed by atoms with E-state index in [0.29, 0.717) is 17.8 Å². The first-order chi connectivity index (χ1) is 8.58. The highest BCUT2D eigenvalue weighted by atomic mass is 16.4. The summed E-state index contributed by atoms with van der Waals surface area (Å²) in [5.74, 6) is -0.693. The van der Waals surface area contributed by atoms with E-state index in [4.69, 9.17) is 5.11 Å². The number of benzene rings is 1. The molecule has 1 aliphatic rings. The minimum absolute atomic E-state index is 0.230. The van der Waals surface area contributed by atoms with Gasteiger partial charge in [0.15, 0.2) is 0 Å². The van der Waals surface area contributed by atoms with Crippen LogP contribution in [0.25, 0.3) is 0 Å². The van der Waals surface area contributed by atoms with E-state index in [1.165, 1.54) is 0 Å². The smallest absolute Gasteiger partial charge is 0.337 e. The topological polar surface area (TPSA) is 69.6 Å². The lowest BCUT2D eigenvalue weighted by Crippen LogP contribution is -2.22. The average molecular weight is 249 g/mol. The van der Waals surface area contributed by atoms with E-state index in [9.17, 15) is 9.90 Å². The Morgan fingerprint density at radius 3 is 2.83 bits per heavy atom. The van der Waals surface area contributed by atoms with Gasteiger partial charge in [0.2, 0.25) is 0 Å². The summed E-state index contributed by atoms with van der Waals surface area (Å²) in [4.78, 5) is 11.1. The molecule has 4 heteroatoms. The number of carboxylic acids is 1. The molecule has 0 amide bonds. The van der Waals surface area contributed by atoms with Gasteiger partial charge in [-0.2, -0.15) is 0 Å². The average Bonchev–Trinajstić information content (AvgIpc) is 2.73. The van der Waals surface area contributed by atoms with Gasteiger partial charge in [0.05, 0.1) is 11.7 Å². The largest absolute Gasteiger partial charge is 0.478 e. The van der Waals surface area contributed by atoms with E-state index in [1.807, 2.05) is 13.0 Å². The fourth-order valence-corrected chi connectivity index (χ4v) is 2.49. The standard InChI is InChI=1S/C14H19NO3/c1-9-5-6-12(11(7-9)14(17)18)15-8-10-3-2-4-13(10)16/h5-7,10,13,15-16H,2-4,8H2,1H3,(H,17,18). The first-order valence-corrected chi connectivity index (χ1v) is 6.34. The van der Waals surface area contributed by atoms with E-state index >= 15 is 0 Å². The Kier molecular flexibility index (Phi) is 3.87. The summed E-state index contributed by atoms with van der Waals surface area (Å²) < 4.78 is 0. The molecule has 18 heavy (non-hydrogen) atoms. The van der Waals surface area contributed by atoms with Crippen LogP contribution >= 0.6 is 0 Å². The van der Waals surface area contributed by atoms with Gasteiger partial charge >= 0.3 is 5.97 Å². The van der Waals surface area contributed by atoms with Crippen molar-refractivity contribution in [1.29, 1.82) is 0 Å². The van der Waals surface area contributed by atoms with Crippen molar-refractivity contribution in [1.82, 2.24) is 0 Å². The van der Waals surface area contributed by atoms with Crippen molar-refractivity contribution in [3.8, 4) is 0 Å². The summed E-state index contributed by atoms with van der Waals surface area (Å²) >= 11 is 0. The summed E-state index contributed by atoms with van der Waals surface area (Å²) in [6.45, 7) is 2.50. The van der Waals surface area contributed by atoms with Gasteiger partial charge in [-0.05, 0) is 31.9 Å². The lowest BCUT2D eigenvalue weighted by Gasteiger charge is -2.17. The molecular weight excluding hydrogens is 230 g/mol. The fraction of sp³-hybridized carbons (Fsp3) is 0.500. The molecule has 0 radical (unpaired) electrons. The highest BCUT2D eigenvalue weighted by Gasteiger charge is 2.25. The van der Waals surface area contributed by atoms with Crippen molar-refractivity contribution < 1.29 is 15.0 Å². The number of hydrogen-bond acceptors (Lipinski definition) is 3. The zero-order valence-electron chi connectivity index (χ0n) is 10.5. The van der Waals surface area contributed by atoms with Gasteiger partial charge < -0.3 is 15.5 Å². The summed E-state index contributed by atoms with van der Waals surface area (Å²) in [5.41, 5.74) is 1.86. The molecule has 1 fully saturated rings. The van der Waals surface area contributed by atoms with Gasteiger partial charge in [-0.1, -0.05) is 18.1 Å². The molecule has 1 aromatic rings. The van der Waals surface area contributed by atoms with E-state index in [2.05, 4.69) is 5.32 Å². The second kappa shape index (κ2) is 5.40. The molecule has 3 N–H and O–H groups in total. The molecule has 2 rings (SSSR count). The monoisotopic (exact) mass is 249 g/mol. The number of rotatable bonds is 4. The van der Waals surface area contributed by atoms with Gasteiger partial charge in [-0.15, -0.1) is 0 Å². The Morgan fingerprint density at radius 2 is 2.22 bits per heavy atom. The zero-order chi connectivity index (χ0) is 13.1. The van der Waals surface area contributed by atoms with Crippen molar-refractivity contribution in [3.05, 3.63) is 29.3 Å². The van der Waals surface area contributed by atoms with Crippen LogP contribution in [0.1, 0.15) is 35.2 Å². The molecular formula is C14H19NO3. The van der Waals surface area contributed by atoms with Crippen LogP contribution in [0, 0.1) is 12.8 Å². The quantitative estimate of drug-likeness (QED) is 0.765. The van der Waals surface area contributed by atoms with E-state index in [-0.39, 0.29) is 12.0 Å². The van der Waals surface area contributed by atoms with Gasteiger partial charge in [-0.25, -0.2) is 4.79 Å². The summed E-state index contributed by atoms with van der Waals surface area (Å²) in [6, 6.07) is 5.34. The number of anilines is 1. The molecule has 0 saturated heterocycles. The van der Waals surface area contributed by atoms with Crippen LogP contribution in [0.2, 0.25) is 0 Å². The molecule has 1 aromatic carbocycles. The molecule has 1 saturated carbocycles. The number of carboxylic acid groups (broad SMARTS) is 1. The maximum absolute atomic E-state index is 11.1. The third-order valence-electron chi connectivity index (χ3n) is 3.58. The summed E-state index contributed by atoms with van der Waals surface area (Å²) in [7, 11) is 0. The van der Waals surface area contributed by atoms with Gasteiger partial charge in [-0.3, -0.25) is 0 Å². The molecule has 2 atom stereocenters. The molecule has 98 valence electrons. The van der Waals surface area contributed by atoms with Crippen molar-refractivity contribution in [2.24, 2.45) is 5.92 Å². The first-order valence-electron chi connectivity index (χ1n) is 6.34. The lowest BCUT2D eigenvalue weighted by molar-refractivity contribution is 0.0698. The molecule has 0 aliphatic heterocycles. The maximum Gasteiger partial charge on any atom is 0.337 e. The van der Waals surface area contributed by atoms with Crippen LogP contribution in [0.15, 0.2) is 18.2 Å². The molecule has 0 heterocycles. The molecule has 0 spiro atoms. The second-order valence-electron chi connectivity index (χ2n) is 4.99. The van der Waals surface area contributed by atoms with Crippen LogP contribution in [0.4, 0.5) is 5.69 Å². The van der Waals surface area contributed by atoms with Gasteiger partial charge in [0.1, 0.15) is 0 Å². The molecule has 1 aliphatic carbocycles. The zero-order valence-corrected chi connectivity index (χ0v) is 10.5. The minimum atomic E-state index is -0.923. The number of hydrogen-bond donors (Lipinski definition) is 3. The summed E-state index contributed by atoms with van der Waals surface area (Å²) in [5, 5.41) is 22.0. The SMILES string of the molecule is Cc1ccc(NCC2CCCC2O)c(C(=O)O)c1. The van der Waals surface area contributed by atoms with Crippen molar-refractivity contribution >= 4 is 11.7 Å². The van der Waals surface area contributed by atoms with Crippen LogP contribution in [0.5, 0.6) is 0 Å². The van der Waals surface area contributed by atoms with Crippen molar-refractivity contribution in [3.63, 3.8) is 0 Å². The molecule has 0 aromatic heterocycles. The van der Waals surface area contributed by atoms with Crippen LogP contribution in [0.3, 0.4) is 0 Å². The predicted octanol–water partition coefficient (Wildman–Crippen LogP) is 2.27. The molecule has 4 nitrogen and oxygen atoms in total. The third kappa shape index (κ3) is 2.82. The Hall–Kier alpha value is -1.55. The Balaban J connectivity index is 2.06. The van der Waals surface area contributed by atoms with Gasteiger partial charge in [0.25, 0.3) is 0 Å². The number of aromatic carboxylic acids is 1. The normalized spacial score (nSPS) is 23.0. The predicted molar refractivity (Wildman–Crippen MR) is 70.0 cm³/mol. The summed E-state index contributed by atoms with van der Waals surface area (Å²) in [6.07, 6.45) is 2.65. The molecule has 2 unspecified atom stereocenters. The van der Waals surface area contributed by atoms with E-state index < -0.39 is 5.97 Å². The van der Waals surface area contributed by atoms with Crippen molar-refractivity contribution in [2.75, 3.05) is 11.9 Å². The fourth-order valence-electron chi connectivity index (χ4n) is 2.49. The number of aliphatic hydroxyl groups excluding tert-OH is 1.